The van der Waals surface area contributed by atoms with Gasteiger partial charge in [-0.2, -0.15) is 10.4 Å². The second-order valence-corrected chi connectivity index (χ2v) is 9.95. The van der Waals surface area contributed by atoms with Gasteiger partial charge in [0.15, 0.2) is 5.69 Å². The van der Waals surface area contributed by atoms with E-state index >= 15 is 0 Å². The molecular weight excluding hydrogens is 451 g/mol. The number of para-hydroxylation sites is 1. The summed E-state index contributed by atoms with van der Waals surface area (Å²) in [5.41, 5.74) is -0.353. The number of nitrogens with one attached hydrogen (secondary N) is 3. The van der Waals surface area contributed by atoms with Gasteiger partial charge in [-0.25, -0.2) is 4.39 Å². The number of carbonyl (C=O) groups excluding carboxylic acids is 3. The monoisotopic (exact) mass is 484 g/mol. The number of hydrogen-bond donors (Lipinski definition) is 3. The summed E-state index contributed by atoms with van der Waals surface area (Å²) < 4.78 is 16.1. The second-order valence-electron chi connectivity index (χ2n) is 9.95. The van der Waals surface area contributed by atoms with Crippen molar-refractivity contribution in [2.75, 3.05) is 13.1 Å². The van der Waals surface area contributed by atoms with E-state index in [1.807, 2.05) is 20.8 Å². The first-order chi connectivity index (χ1) is 16.6. The molecule has 1 aliphatic carbocycles. The number of fused-ring (bicyclic) bond motifs is 1. The number of unbranched alkanes of at least 4 members (excludes halogenated alkanes) is 2. The van der Waals surface area contributed by atoms with Crippen LogP contribution < -0.4 is 16.0 Å². The molecular formula is C25H33FN6O3. The van der Waals surface area contributed by atoms with Crippen molar-refractivity contribution in [3.63, 3.8) is 0 Å². The highest BCUT2D eigenvalue weighted by Crippen LogP contribution is 2.28. The van der Waals surface area contributed by atoms with Gasteiger partial charge in [-0.1, -0.05) is 32.9 Å². The van der Waals surface area contributed by atoms with Crippen LogP contribution in [0.2, 0.25) is 0 Å². The summed E-state index contributed by atoms with van der Waals surface area (Å²) in [7, 11) is 0. The highest BCUT2D eigenvalue weighted by molar-refractivity contribution is 6.06. The molecule has 1 atom stereocenters. The minimum atomic E-state index is -0.876. The normalized spacial score (nSPS) is 14.3. The molecule has 1 aromatic heterocycles. The molecule has 3 rings (SSSR count). The highest BCUT2D eigenvalue weighted by atomic mass is 19.1. The topological polar surface area (TPSA) is 129 Å². The molecule has 0 spiro atoms. The van der Waals surface area contributed by atoms with E-state index in [2.05, 4.69) is 27.1 Å². The quantitative estimate of drug-likeness (QED) is 0.422. The smallest absolute Gasteiger partial charge is 0.273 e. The molecule has 2 aromatic rings. The Balaban J connectivity index is 1.71. The third-order valence-electron chi connectivity index (χ3n) is 5.92. The number of amides is 3. The molecule has 3 N–H and O–H groups in total. The zero-order valence-corrected chi connectivity index (χ0v) is 20.5. The van der Waals surface area contributed by atoms with Gasteiger partial charge in [-0.05, 0) is 37.2 Å². The van der Waals surface area contributed by atoms with Gasteiger partial charge >= 0.3 is 0 Å². The van der Waals surface area contributed by atoms with Crippen molar-refractivity contribution < 1.29 is 18.8 Å². The van der Waals surface area contributed by atoms with E-state index in [0.29, 0.717) is 37.7 Å². The Labute approximate surface area is 204 Å². The van der Waals surface area contributed by atoms with Crippen LogP contribution >= 0.6 is 0 Å². The van der Waals surface area contributed by atoms with Crippen molar-refractivity contribution in [1.29, 1.82) is 5.26 Å². The van der Waals surface area contributed by atoms with E-state index in [1.54, 1.807) is 6.07 Å². The Hall–Kier alpha value is -3.48. The predicted octanol–water partition coefficient (Wildman–Crippen LogP) is 2.66. The molecule has 0 aliphatic heterocycles. The van der Waals surface area contributed by atoms with Gasteiger partial charge in [-0.15, -0.1) is 0 Å². The fourth-order valence-electron chi connectivity index (χ4n) is 3.83. The third-order valence-corrected chi connectivity index (χ3v) is 5.92. The fourth-order valence-corrected chi connectivity index (χ4v) is 3.83. The lowest BCUT2D eigenvalue weighted by Gasteiger charge is -2.30. The molecule has 0 radical (unpaired) electrons. The molecule has 35 heavy (non-hydrogen) atoms. The van der Waals surface area contributed by atoms with Crippen LogP contribution in [-0.2, 0) is 16.1 Å². The third kappa shape index (κ3) is 6.78. The number of aromatic nitrogens is 2. The van der Waals surface area contributed by atoms with Crippen molar-refractivity contribution in [2.24, 2.45) is 11.3 Å². The lowest BCUT2D eigenvalue weighted by molar-refractivity contribution is -0.126. The molecule has 1 saturated carbocycles. The summed E-state index contributed by atoms with van der Waals surface area (Å²) in [6.07, 6.45) is 3.46. The van der Waals surface area contributed by atoms with Gasteiger partial charge in [0, 0.05) is 37.4 Å². The standard InChI is InChI=1S/C25H33FN6O3/c1-25(2,3)21(24(35)29-14-13-28-22(33)16-10-11-16)30-23(34)19-17-8-7-9-18(26)20(17)32(31-19)15-6-4-5-12-27/h7-9,16,21H,4-6,10-11,13-15H2,1-3H3,(H,28,33)(H,29,35)(H,30,34)/t21-/m1/s1. The maximum Gasteiger partial charge on any atom is 0.273 e. The molecule has 188 valence electrons. The van der Waals surface area contributed by atoms with Crippen LogP contribution in [0.5, 0.6) is 0 Å². The van der Waals surface area contributed by atoms with Crippen LogP contribution in [0.1, 0.15) is 63.4 Å². The first kappa shape index (κ1) is 26.1. The molecule has 9 nitrogen and oxygen atoms in total. The lowest BCUT2D eigenvalue weighted by Crippen LogP contribution is -2.54. The molecule has 1 fully saturated rings. The molecule has 1 aliphatic rings. The molecule has 1 heterocycles. The predicted molar refractivity (Wildman–Crippen MR) is 129 cm³/mol. The number of carbonyl (C=O) groups is 3. The Morgan fingerprint density at radius 2 is 1.91 bits per heavy atom. The molecule has 0 saturated heterocycles. The Morgan fingerprint density at radius 1 is 1.20 bits per heavy atom. The van der Waals surface area contributed by atoms with E-state index in [1.165, 1.54) is 16.8 Å². The number of benzene rings is 1. The van der Waals surface area contributed by atoms with E-state index in [0.717, 1.165) is 12.8 Å². The van der Waals surface area contributed by atoms with Crippen molar-refractivity contribution in [2.45, 2.75) is 65.5 Å². The molecule has 0 bridgehead atoms. The molecule has 3 amide bonds. The van der Waals surface area contributed by atoms with Gasteiger partial charge in [0.2, 0.25) is 11.8 Å². The minimum Gasteiger partial charge on any atom is -0.354 e. The fraction of sp³-hybridized carbons (Fsp3) is 0.560. The number of hydrogen-bond acceptors (Lipinski definition) is 5. The Kier molecular flexibility index (Phi) is 8.43. The van der Waals surface area contributed by atoms with E-state index in [4.69, 9.17) is 5.26 Å². The van der Waals surface area contributed by atoms with E-state index in [9.17, 15) is 18.8 Å². The summed E-state index contributed by atoms with van der Waals surface area (Å²) in [6, 6.07) is 5.65. The van der Waals surface area contributed by atoms with E-state index < -0.39 is 23.2 Å². The van der Waals surface area contributed by atoms with E-state index in [-0.39, 0.29) is 35.5 Å². The van der Waals surface area contributed by atoms with Crippen LogP contribution in [0.25, 0.3) is 10.9 Å². The van der Waals surface area contributed by atoms with Crippen LogP contribution in [0.15, 0.2) is 18.2 Å². The van der Waals surface area contributed by atoms with Gasteiger partial charge < -0.3 is 16.0 Å². The average molecular weight is 485 g/mol. The number of rotatable bonds is 11. The van der Waals surface area contributed by atoms with Gasteiger partial charge in [0.1, 0.15) is 17.4 Å². The van der Waals surface area contributed by atoms with Crippen molar-refractivity contribution in [3.05, 3.63) is 29.7 Å². The van der Waals surface area contributed by atoms with Gasteiger partial charge in [-0.3, -0.25) is 19.1 Å². The largest absolute Gasteiger partial charge is 0.354 e. The SMILES string of the molecule is CC(C)(C)[C@H](NC(=O)c1nn(CCCCC#N)c2c(F)cccc12)C(=O)NCCNC(=O)C1CC1. The molecule has 0 unspecified atom stereocenters. The van der Waals surface area contributed by atoms with Crippen molar-refractivity contribution in [1.82, 2.24) is 25.7 Å². The van der Waals surface area contributed by atoms with Gasteiger partial charge in [0.25, 0.3) is 5.91 Å². The Bertz CT molecular complexity index is 1130. The summed E-state index contributed by atoms with van der Waals surface area (Å²) >= 11 is 0. The summed E-state index contributed by atoms with van der Waals surface area (Å²) in [5.74, 6) is -1.35. The lowest BCUT2D eigenvalue weighted by atomic mass is 9.86. The molecule has 1 aromatic carbocycles. The Morgan fingerprint density at radius 3 is 2.57 bits per heavy atom. The van der Waals surface area contributed by atoms with Crippen LogP contribution in [-0.4, -0.2) is 46.6 Å². The zero-order chi connectivity index (χ0) is 25.6. The zero-order valence-electron chi connectivity index (χ0n) is 20.5. The first-order valence-corrected chi connectivity index (χ1v) is 12.0. The maximum atomic E-state index is 14.6. The summed E-state index contributed by atoms with van der Waals surface area (Å²) in [5, 5.41) is 21.8. The van der Waals surface area contributed by atoms with Crippen LogP contribution in [0.3, 0.4) is 0 Å². The van der Waals surface area contributed by atoms with Crippen LogP contribution in [0.4, 0.5) is 4.39 Å². The summed E-state index contributed by atoms with van der Waals surface area (Å²) in [6.45, 7) is 6.41. The summed E-state index contributed by atoms with van der Waals surface area (Å²) in [4.78, 5) is 37.9. The molecule has 10 heteroatoms. The average Bonchev–Trinajstić information content (AvgIpc) is 3.58. The van der Waals surface area contributed by atoms with Crippen molar-refractivity contribution in [3.8, 4) is 6.07 Å². The first-order valence-electron chi connectivity index (χ1n) is 12.0. The number of nitriles is 1. The minimum absolute atomic E-state index is 0.00208. The van der Waals surface area contributed by atoms with Gasteiger partial charge in [0.05, 0.1) is 6.07 Å². The van der Waals surface area contributed by atoms with Crippen LogP contribution in [0, 0.1) is 28.5 Å². The van der Waals surface area contributed by atoms with Crippen molar-refractivity contribution >= 4 is 28.6 Å². The highest BCUT2D eigenvalue weighted by Gasteiger charge is 2.34. The second kappa shape index (κ2) is 11.3. The number of halogens is 1. The number of nitrogens with zero attached hydrogens (tertiary/aromatic N) is 3. The maximum absolute atomic E-state index is 14.6. The number of aryl methyl sites for hydroxylation is 1.